The molecule has 1 aromatic rings. The van der Waals surface area contributed by atoms with Crippen molar-refractivity contribution in [3.05, 3.63) is 33.3 Å². The molecule has 116 valence electrons. The Balaban J connectivity index is 2.47. The Morgan fingerprint density at radius 3 is 2.71 bits per heavy atom. The van der Waals surface area contributed by atoms with E-state index in [1.54, 1.807) is 6.92 Å². The Hall–Kier alpha value is -1.22. The number of hydrogen-bond donors (Lipinski definition) is 1. The lowest BCUT2D eigenvalue weighted by Crippen LogP contribution is -2.48. The van der Waals surface area contributed by atoms with Gasteiger partial charge in [0.05, 0.1) is 10.5 Å². The number of hydrogen-bond acceptors (Lipinski definition) is 5. The van der Waals surface area contributed by atoms with Gasteiger partial charge in [0.15, 0.2) is 4.90 Å². The molecule has 0 saturated carbocycles. The van der Waals surface area contributed by atoms with E-state index in [1.165, 1.54) is 6.07 Å². The summed E-state index contributed by atoms with van der Waals surface area (Å²) < 4.78 is 26.2. The Morgan fingerprint density at radius 1 is 1.48 bits per heavy atom. The SMILES string of the molecule is CC1(O)CCCN(S(=O)(=O)c2ccc(Cl)cc2[N+](=O)[O-])C1. The van der Waals surface area contributed by atoms with Crippen LogP contribution >= 0.6 is 11.6 Å². The molecule has 1 atom stereocenters. The van der Waals surface area contributed by atoms with Crippen LogP contribution in [0.4, 0.5) is 5.69 Å². The fraction of sp³-hybridized carbons (Fsp3) is 0.500. The van der Waals surface area contributed by atoms with Gasteiger partial charge >= 0.3 is 0 Å². The fourth-order valence-electron chi connectivity index (χ4n) is 2.37. The zero-order chi connectivity index (χ0) is 15.8. The summed E-state index contributed by atoms with van der Waals surface area (Å²) in [5.74, 6) is 0. The van der Waals surface area contributed by atoms with Crippen molar-refractivity contribution >= 4 is 27.3 Å². The highest BCUT2D eigenvalue weighted by molar-refractivity contribution is 7.89. The van der Waals surface area contributed by atoms with Crippen molar-refractivity contribution in [2.75, 3.05) is 13.1 Å². The van der Waals surface area contributed by atoms with E-state index in [4.69, 9.17) is 11.6 Å². The van der Waals surface area contributed by atoms with Gasteiger partial charge < -0.3 is 5.11 Å². The van der Waals surface area contributed by atoms with Crippen molar-refractivity contribution in [1.29, 1.82) is 0 Å². The molecule has 1 fully saturated rings. The lowest BCUT2D eigenvalue weighted by atomic mass is 9.97. The van der Waals surface area contributed by atoms with Crippen LogP contribution in [0.5, 0.6) is 0 Å². The van der Waals surface area contributed by atoms with E-state index in [0.717, 1.165) is 16.4 Å². The minimum Gasteiger partial charge on any atom is -0.389 e. The van der Waals surface area contributed by atoms with Crippen molar-refractivity contribution < 1.29 is 18.4 Å². The van der Waals surface area contributed by atoms with Crippen molar-refractivity contribution in [2.45, 2.75) is 30.3 Å². The average molecular weight is 335 g/mol. The molecule has 1 aliphatic heterocycles. The maximum absolute atomic E-state index is 12.6. The minimum absolute atomic E-state index is 0.0882. The van der Waals surface area contributed by atoms with Gasteiger partial charge in [-0.25, -0.2) is 8.42 Å². The summed E-state index contributed by atoms with van der Waals surface area (Å²) in [5.41, 5.74) is -1.69. The summed E-state index contributed by atoms with van der Waals surface area (Å²) in [6.45, 7) is 1.68. The van der Waals surface area contributed by atoms with Crippen molar-refractivity contribution in [2.24, 2.45) is 0 Å². The second-order valence-corrected chi connectivity index (χ2v) is 7.65. The number of nitrogens with zero attached hydrogens (tertiary/aromatic N) is 2. The summed E-state index contributed by atoms with van der Waals surface area (Å²) in [4.78, 5) is 9.86. The second-order valence-electron chi connectivity index (χ2n) is 5.31. The molecule has 0 bridgehead atoms. The van der Waals surface area contributed by atoms with Crippen LogP contribution < -0.4 is 0 Å². The van der Waals surface area contributed by atoms with Crippen LogP contribution in [0.25, 0.3) is 0 Å². The van der Waals surface area contributed by atoms with Crippen LogP contribution in [-0.2, 0) is 10.0 Å². The summed E-state index contributed by atoms with van der Waals surface area (Å²) in [6.07, 6.45) is 0.981. The van der Waals surface area contributed by atoms with Crippen LogP contribution in [0.3, 0.4) is 0 Å². The highest BCUT2D eigenvalue weighted by Crippen LogP contribution is 2.32. The Kier molecular flexibility index (Phi) is 4.25. The third kappa shape index (κ3) is 3.34. The second kappa shape index (κ2) is 5.53. The number of rotatable bonds is 3. The summed E-state index contributed by atoms with van der Waals surface area (Å²) in [5, 5.41) is 21.2. The van der Waals surface area contributed by atoms with Gasteiger partial charge in [0.25, 0.3) is 5.69 Å². The summed E-state index contributed by atoms with van der Waals surface area (Å²) in [7, 11) is -4.05. The zero-order valence-electron chi connectivity index (χ0n) is 11.3. The molecule has 21 heavy (non-hydrogen) atoms. The van der Waals surface area contributed by atoms with E-state index in [1.807, 2.05) is 0 Å². The lowest BCUT2D eigenvalue weighted by molar-refractivity contribution is -0.387. The van der Waals surface area contributed by atoms with Crippen LogP contribution in [0.15, 0.2) is 23.1 Å². The Labute approximate surface area is 127 Å². The lowest BCUT2D eigenvalue weighted by Gasteiger charge is -2.35. The topological polar surface area (TPSA) is 101 Å². The molecular weight excluding hydrogens is 320 g/mol. The highest BCUT2D eigenvalue weighted by Gasteiger charge is 2.38. The average Bonchev–Trinajstić information content (AvgIpc) is 2.37. The van der Waals surface area contributed by atoms with E-state index in [2.05, 4.69) is 0 Å². The van der Waals surface area contributed by atoms with E-state index >= 15 is 0 Å². The first-order chi connectivity index (χ1) is 9.63. The van der Waals surface area contributed by atoms with Crippen LogP contribution in [0.2, 0.25) is 5.02 Å². The highest BCUT2D eigenvalue weighted by atomic mass is 35.5. The molecule has 1 aliphatic rings. The summed E-state index contributed by atoms with van der Waals surface area (Å²) in [6, 6.07) is 3.43. The predicted octanol–water partition coefficient (Wildman–Crippen LogP) is 1.78. The molecule has 0 aliphatic carbocycles. The molecule has 1 heterocycles. The molecule has 1 unspecified atom stereocenters. The fourth-order valence-corrected chi connectivity index (χ4v) is 4.27. The van der Waals surface area contributed by atoms with Crippen molar-refractivity contribution in [3.63, 3.8) is 0 Å². The van der Waals surface area contributed by atoms with Gasteiger partial charge in [-0.3, -0.25) is 10.1 Å². The first-order valence-corrected chi connectivity index (χ1v) is 8.12. The van der Waals surface area contributed by atoms with Crippen LogP contribution in [0.1, 0.15) is 19.8 Å². The normalized spacial score (nSPS) is 24.0. The van der Waals surface area contributed by atoms with E-state index < -0.39 is 31.1 Å². The molecule has 1 saturated heterocycles. The first-order valence-electron chi connectivity index (χ1n) is 6.30. The number of nitro benzene ring substituents is 1. The number of nitro groups is 1. The number of halogens is 1. The maximum atomic E-state index is 12.6. The molecule has 0 aromatic heterocycles. The third-order valence-corrected chi connectivity index (χ3v) is 5.50. The Bertz CT molecular complexity index is 674. The van der Waals surface area contributed by atoms with Crippen LogP contribution in [-0.4, -0.2) is 41.4 Å². The summed E-state index contributed by atoms with van der Waals surface area (Å²) >= 11 is 5.69. The maximum Gasteiger partial charge on any atom is 0.290 e. The van der Waals surface area contributed by atoms with Gasteiger partial charge in [-0.05, 0) is 31.9 Å². The number of benzene rings is 1. The molecule has 0 amide bonds. The van der Waals surface area contributed by atoms with Gasteiger partial charge in [-0.1, -0.05) is 11.6 Å². The third-order valence-electron chi connectivity index (χ3n) is 3.38. The number of piperidine rings is 1. The number of aliphatic hydroxyl groups is 1. The monoisotopic (exact) mass is 334 g/mol. The molecule has 0 spiro atoms. The van der Waals surface area contributed by atoms with Gasteiger partial charge in [-0.2, -0.15) is 4.31 Å². The molecule has 9 heteroatoms. The zero-order valence-corrected chi connectivity index (χ0v) is 12.9. The van der Waals surface area contributed by atoms with Crippen LogP contribution in [0, 0.1) is 10.1 Å². The van der Waals surface area contributed by atoms with Gasteiger partial charge in [0, 0.05) is 24.2 Å². The smallest absolute Gasteiger partial charge is 0.290 e. The molecule has 2 rings (SSSR count). The van der Waals surface area contributed by atoms with Gasteiger partial charge in [0.1, 0.15) is 0 Å². The van der Waals surface area contributed by atoms with E-state index in [0.29, 0.717) is 12.8 Å². The number of β-amino-alcohol motifs (C(OH)–C–C–N with tert-alkyl or cyclic N) is 1. The largest absolute Gasteiger partial charge is 0.389 e. The number of sulfonamides is 1. The minimum atomic E-state index is -4.05. The molecule has 1 aromatic carbocycles. The molecular formula is C12H15ClN2O5S. The molecule has 0 radical (unpaired) electrons. The van der Waals surface area contributed by atoms with Crippen molar-refractivity contribution in [3.8, 4) is 0 Å². The predicted molar refractivity (Wildman–Crippen MR) is 76.7 cm³/mol. The molecule has 1 N–H and O–H groups in total. The van der Waals surface area contributed by atoms with Gasteiger partial charge in [0.2, 0.25) is 10.0 Å². The molecule has 7 nitrogen and oxygen atoms in total. The standard InChI is InChI=1S/C12H15ClN2O5S/c1-12(16)5-2-6-14(8-12)21(19,20)11-4-3-9(13)7-10(11)15(17)18/h3-4,7,16H,2,5-6,8H2,1H3. The first kappa shape index (κ1) is 16.2. The quantitative estimate of drug-likeness (QED) is 0.670. The van der Waals surface area contributed by atoms with E-state index in [9.17, 15) is 23.6 Å². The van der Waals surface area contributed by atoms with Gasteiger partial charge in [-0.15, -0.1) is 0 Å². The van der Waals surface area contributed by atoms with Crippen molar-refractivity contribution in [1.82, 2.24) is 4.31 Å². The Morgan fingerprint density at radius 2 is 2.14 bits per heavy atom. The van der Waals surface area contributed by atoms with E-state index in [-0.39, 0.29) is 18.1 Å².